The van der Waals surface area contributed by atoms with Gasteiger partial charge in [-0.3, -0.25) is 9.59 Å². The first kappa shape index (κ1) is 8.64. The summed E-state index contributed by atoms with van der Waals surface area (Å²) in [7, 11) is 0. The van der Waals surface area contributed by atoms with Crippen LogP contribution < -0.4 is 5.32 Å². The van der Waals surface area contributed by atoms with Crippen molar-refractivity contribution in [1.82, 2.24) is 5.32 Å². The molecule has 0 spiro atoms. The van der Waals surface area contributed by atoms with Crippen molar-refractivity contribution >= 4 is 17.4 Å². The molecule has 0 saturated carbocycles. The molecular formula is C8H10N2O2. The Morgan fingerprint density at radius 3 is 2.58 bits per heavy atom. The van der Waals surface area contributed by atoms with Crippen LogP contribution in [-0.4, -0.2) is 17.4 Å². The highest BCUT2D eigenvalue weighted by molar-refractivity contribution is 6.23. The van der Waals surface area contributed by atoms with Crippen LogP contribution >= 0.6 is 0 Å². The molecule has 0 aromatic heterocycles. The zero-order valence-electron chi connectivity index (χ0n) is 6.97. The van der Waals surface area contributed by atoms with Crippen LogP contribution in [0.4, 0.5) is 0 Å². The Balaban J connectivity index is 2.98. The molecule has 4 nitrogen and oxygen atoms in total. The zero-order valence-corrected chi connectivity index (χ0v) is 6.97. The molecule has 1 heterocycles. The number of allylic oxidation sites excluding steroid dienone is 2. The van der Waals surface area contributed by atoms with E-state index in [0.29, 0.717) is 5.70 Å². The molecule has 64 valence electrons. The molecule has 0 aliphatic carbocycles. The molecule has 1 aliphatic heterocycles. The van der Waals surface area contributed by atoms with Crippen molar-refractivity contribution in [2.24, 2.45) is 5.92 Å². The Labute approximate surface area is 70.2 Å². The molecular weight excluding hydrogens is 156 g/mol. The highest BCUT2D eigenvalue weighted by Gasteiger charge is 2.30. The van der Waals surface area contributed by atoms with Gasteiger partial charge in [0.2, 0.25) is 5.91 Å². The molecule has 1 unspecified atom stereocenters. The maximum Gasteiger partial charge on any atom is 0.240 e. The normalized spacial score (nSPS) is 23.2. The lowest BCUT2D eigenvalue weighted by molar-refractivity contribution is -0.129. The van der Waals surface area contributed by atoms with Gasteiger partial charge in [-0.05, 0) is 13.8 Å². The van der Waals surface area contributed by atoms with Crippen LogP contribution in [0.2, 0.25) is 0 Å². The second-order valence-electron chi connectivity index (χ2n) is 2.83. The van der Waals surface area contributed by atoms with Crippen LogP contribution in [0.3, 0.4) is 0 Å². The summed E-state index contributed by atoms with van der Waals surface area (Å²) in [4.78, 5) is 22.3. The maximum absolute atomic E-state index is 11.2. The first-order valence-corrected chi connectivity index (χ1v) is 3.60. The number of hydrogen-bond donors (Lipinski definition) is 2. The minimum atomic E-state index is -0.909. The molecule has 1 amide bonds. The second-order valence-corrected chi connectivity index (χ2v) is 2.83. The Morgan fingerprint density at radius 2 is 2.17 bits per heavy atom. The van der Waals surface area contributed by atoms with Crippen LogP contribution in [0, 0.1) is 11.3 Å². The first-order chi connectivity index (χ1) is 5.52. The molecule has 12 heavy (non-hydrogen) atoms. The smallest absolute Gasteiger partial charge is 0.240 e. The van der Waals surface area contributed by atoms with Gasteiger partial charge in [0.05, 0.1) is 0 Å². The predicted molar refractivity (Wildman–Crippen MR) is 43.8 cm³/mol. The Hall–Kier alpha value is -1.45. The van der Waals surface area contributed by atoms with E-state index < -0.39 is 11.8 Å². The van der Waals surface area contributed by atoms with Gasteiger partial charge >= 0.3 is 0 Å². The lowest BCUT2D eigenvalue weighted by atomic mass is 9.95. The largest absolute Gasteiger partial charge is 0.329 e. The third kappa shape index (κ3) is 1.42. The van der Waals surface area contributed by atoms with Crippen molar-refractivity contribution in [3.05, 3.63) is 11.8 Å². The van der Waals surface area contributed by atoms with E-state index in [4.69, 9.17) is 5.41 Å². The minimum absolute atomic E-state index is 0.0845. The van der Waals surface area contributed by atoms with E-state index in [1.54, 1.807) is 6.92 Å². The number of nitrogens with one attached hydrogen (secondary N) is 2. The van der Waals surface area contributed by atoms with E-state index in [-0.39, 0.29) is 11.5 Å². The third-order valence-corrected chi connectivity index (χ3v) is 1.66. The summed E-state index contributed by atoms with van der Waals surface area (Å²) in [6.45, 7) is 3.10. The molecule has 0 bridgehead atoms. The summed E-state index contributed by atoms with van der Waals surface area (Å²) in [5, 5.41) is 9.71. The molecule has 0 aromatic carbocycles. The maximum atomic E-state index is 11.2. The molecule has 1 rings (SSSR count). The standard InChI is InChI=1S/C8H10N2O2/c1-4-3-6(11)7(5(2)9)8(12)10-4/h3,7,9H,1-2H3,(H,10,12). The van der Waals surface area contributed by atoms with Crippen LogP contribution in [0.15, 0.2) is 11.8 Å². The first-order valence-electron chi connectivity index (χ1n) is 3.60. The van der Waals surface area contributed by atoms with Gasteiger partial charge in [-0.1, -0.05) is 0 Å². The van der Waals surface area contributed by atoms with E-state index in [1.165, 1.54) is 13.0 Å². The molecule has 0 aromatic rings. The lowest BCUT2D eigenvalue weighted by Gasteiger charge is -2.18. The number of carbonyl (C=O) groups is 2. The summed E-state index contributed by atoms with van der Waals surface area (Å²) in [6, 6.07) is 0. The van der Waals surface area contributed by atoms with Crippen LogP contribution in [0.25, 0.3) is 0 Å². The lowest BCUT2D eigenvalue weighted by Crippen LogP contribution is -2.41. The number of ketones is 1. The SMILES string of the molecule is CC(=N)C1C(=O)C=C(C)NC1=O. The van der Waals surface area contributed by atoms with Crippen molar-refractivity contribution in [3.63, 3.8) is 0 Å². The van der Waals surface area contributed by atoms with E-state index >= 15 is 0 Å². The molecule has 4 heteroatoms. The van der Waals surface area contributed by atoms with E-state index in [9.17, 15) is 9.59 Å². The average molecular weight is 166 g/mol. The summed E-state index contributed by atoms with van der Waals surface area (Å²) in [5.74, 6) is -1.61. The van der Waals surface area contributed by atoms with E-state index in [2.05, 4.69) is 5.32 Å². The van der Waals surface area contributed by atoms with Gasteiger partial charge in [0.15, 0.2) is 5.78 Å². The number of carbonyl (C=O) groups excluding carboxylic acids is 2. The van der Waals surface area contributed by atoms with Crippen molar-refractivity contribution in [2.45, 2.75) is 13.8 Å². The van der Waals surface area contributed by atoms with Gasteiger partial charge in [-0.15, -0.1) is 0 Å². The molecule has 1 aliphatic rings. The topological polar surface area (TPSA) is 70.0 Å². The quantitative estimate of drug-likeness (QED) is 0.433. The Kier molecular flexibility index (Phi) is 2.08. The van der Waals surface area contributed by atoms with Crippen LogP contribution in [0.5, 0.6) is 0 Å². The molecule has 1 atom stereocenters. The van der Waals surface area contributed by atoms with Crippen LogP contribution in [-0.2, 0) is 9.59 Å². The fourth-order valence-electron chi connectivity index (χ4n) is 1.14. The van der Waals surface area contributed by atoms with Crippen molar-refractivity contribution in [1.29, 1.82) is 5.41 Å². The summed E-state index contributed by atoms with van der Waals surface area (Å²) < 4.78 is 0. The van der Waals surface area contributed by atoms with Crippen LogP contribution in [0.1, 0.15) is 13.8 Å². The summed E-state index contributed by atoms with van der Waals surface area (Å²) >= 11 is 0. The number of hydrogen-bond acceptors (Lipinski definition) is 3. The van der Waals surface area contributed by atoms with Gasteiger partial charge in [0.25, 0.3) is 0 Å². The molecule has 2 N–H and O–H groups in total. The monoisotopic (exact) mass is 166 g/mol. The predicted octanol–water partition coefficient (Wildman–Crippen LogP) is 0.245. The minimum Gasteiger partial charge on any atom is -0.329 e. The summed E-state index contributed by atoms with van der Waals surface area (Å²) in [5.41, 5.74) is 0.628. The third-order valence-electron chi connectivity index (χ3n) is 1.66. The Bertz CT molecular complexity index is 291. The van der Waals surface area contributed by atoms with Crippen molar-refractivity contribution in [3.8, 4) is 0 Å². The zero-order chi connectivity index (χ0) is 9.30. The molecule has 0 fully saturated rings. The molecule has 0 saturated heterocycles. The number of rotatable bonds is 1. The average Bonchev–Trinajstić information content (AvgIpc) is 1.82. The Morgan fingerprint density at radius 1 is 1.58 bits per heavy atom. The van der Waals surface area contributed by atoms with E-state index in [0.717, 1.165) is 0 Å². The van der Waals surface area contributed by atoms with E-state index in [1.807, 2.05) is 0 Å². The second kappa shape index (κ2) is 2.89. The van der Waals surface area contributed by atoms with Gasteiger partial charge < -0.3 is 10.7 Å². The highest BCUT2D eigenvalue weighted by atomic mass is 16.2. The van der Waals surface area contributed by atoms with Gasteiger partial charge in [-0.25, -0.2) is 0 Å². The highest BCUT2D eigenvalue weighted by Crippen LogP contribution is 2.09. The van der Waals surface area contributed by atoms with Gasteiger partial charge in [0, 0.05) is 17.5 Å². The van der Waals surface area contributed by atoms with Crippen molar-refractivity contribution < 1.29 is 9.59 Å². The van der Waals surface area contributed by atoms with Gasteiger partial charge in [-0.2, -0.15) is 0 Å². The summed E-state index contributed by atoms with van der Waals surface area (Å²) in [6.07, 6.45) is 1.35. The fraction of sp³-hybridized carbons (Fsp3) is 0.375. The molecule has 0 radical (unpaired) electrons. The van der Waals surface area contributed by atoms with Gasteiger partial charge in [0.1, 0.15) is 5.92 Å². The van der Waals surface area contributed by atoms with Crippen molar-refractivity contribution in [2.75, 3.05) is 0 Å². The number of amides is 1. The fourth-order valence-corrected chi connectivity index (χ4v) is 1.14.